The topological polar surface area (TPSA) is 58.9 Å². The van der Waals surface area contributed by atoms with Crippen LogP contribution in [0.15, 0.2) is 22.5 Å². The highest BCUT2D eigenvalue weighted by Gasteiger charge is 2.05. The molecule has 0 radical (unpaired) electrons. The maximum Gasteiger partial charge on any atom is 0.128 e. The molecule has 0 fully saturated rings. The van der Waals surface area contributed by atoms with E-state index >= 15 is 0 Å². The minimum Gasteiger partial charge on any atom is -0.145 e. The zero-order valence-electron chi connectivity index (χ0n) is 6.24. The van der Waals surface area contributed by atoms with Crippen molar-refractivity contribution in [1.82, 2.24) is 0 Å². The fraction of sp³-hybridized carbons (Fsp3) is 0.143. The maximum absolute atomic E-state index is 10.2. The minimum atomic E-state index is 0.0388. The average molecular weight is 185 g/mol. The van der Waals surface area contributed by atoms with E-state index in [0.29, 0.717) is 5.56 Å². The molecule has 4 nitrogen and oxygen atoms in total. The van der Waals surface area contributed by atoms with Gasteiger partial charge in [0.1, 0.15) is 11.4 Å². The van der Waals surface area contributed by atoms with Crippen molar-refractivity contribution < 1.29 is 0 Å². The van der Waals surface area contributed by atoms with Gasteiger partial charge < -0.3 is 0 Å². The van der Waals surface area contributed by atoms with Crippen LogP contribution in [0.3, 0.4) is 0 Å². The molecule has 0 atom stereocenters. The third-order valence-corrected chi connectivity index (χ3v) is 1.76. The first-order valence-corrected chi connectivity index (χ1v) is 3.53. The summed E-state index contributed by atoms with van der Waals surface area (Å²) < 4.78 is 0. The van der Waals surface area contributed by atoms with Gasteiger partial charge in [-0.3, -0.25) is 0 Å². The Kier molecular flexibility index (Phi) is 2.50. The highest BCUT2D eigenvalue weighted by atomic mass is 35.5. The summed E-state index contributed by atoms with van der Waals surface area (Å²) in [6.07, 6.45) is 0. The molecule has 0 aliphatic rings. The lowest BCUT2D eigenvalue weighted by atomic mass is 10.2. The van der Waals surface area contributed by atoms with E-state index in [4.69, 9.17) is 11.6 Å². The summed E-state index contributed by atoms with van der Waals surface area (Å²) in [6.45, 7) is 1.68. The number of nitrogens with zero attached hydrogens (tertiary/aromatic N) is 2. The van der Waals surface area contributed by atoms with Crippen molar-refractivity contribution in [2.75, 3.05) is 0 Å². The molecular weight excluding hydrogens is 180 g/mol. The lowest BCUT2D eigenvalue weighted by Gasteiger charge is -1.98. The monoisotopic (exact) mass is 184 g/mol. The van der Waals surface area contributed by atoms with Crippen molar-refractivity contribution in [3.63, 3.8) is 0 Å². The van der Waals surface area contributed by atoms with Crippen LogP contribution in [0.5, 0.6) is 0 Å². The highest BCUT2D eigenvalue weighted by molar-refractivity contribution is 6.33. The number of benzene rings is 1. The SMILES string of the molecule is Cc1cc(Cl)c(N=O)cc1N=O. The fourth-order valence-electron chi connectivity index (χ4n) is 0.819. The number of hydrogen-bond donors (Lipinski definition) is 0. The van der Waals surface area contributed by atoms with Crippen LogP contribution in [-0.2, 0) is 0 Å². The zero-order valence-corrected chi connectivity index (χ0v) is 7.00. The molecule has 62 valence electrons. The van der Waals surface area contributed by atoms with Crippen LogP contribution in [0.2, 0.25) is 5.02 Å². The van der Waals surface area contributed by atoms with Crippen molar-refractivity contribution in [2.24, 2.45) is 10.4 Å². The largest absolute Gasteiger partial charge is 0.145 e. The predicted molar refractivity (Wildman–Crippen MR) is 47.1 cm³/mol. The number of hydrogen-bond acceptors (Lipinski definition) is 4. The molecule has 0 aromatic heterocycles. The van der Waals surface area contributed by atoms with E-state index in [1.54, 1.807) is 6.92 Å². The molecule has 0 unspecified atom stereocenters. The Balaban J connectivity index is 3.36. The van der Waals surface area contributed by atoms with Gasteiger partial charge in [-0.15, -0.1) is 9.81 Å². The minimum absolute atomic E-state index is 0.0388. The molecular formula is C7H5ClN2O2. The molecule has 0 heterocycles. The van der Waals surface area contributed by atoms with Gasteiger partial charge in [-0.1, -0.05) is 11.6 Å². The Morgan fingerprint density at radius 2 is 1.75 bits per heavy atom. The summed E-state index contributed by atoms with van der Waals surface area (Å²) in [4.78, 5) is 20.3. The molecule has 12 heavy (non-hydrogen) atoms. The molecule has 5 heteroatoms. The van der Waals surface area contributed by atoms with Crippen LogP contribution < -0.4 is 0 Å². The molecule has 0 aliphatic heterocycles. The van der Waals surface area contributed by atoms with Gasteiger partial charge >= 0.3 is 0 Å². The Labute approximate surface area is 73.5 Å². The number of rotatable bonds is 2. The molecule has 0 bridgehead atoms. The standard InChI is InChI=1S/C7H5ClN2O2/c1-4-2-5(8)7(10-12)3-6(4)9-11/h2-3H,1H3. The summed E-state index contributed by atoms with van der Waals surface area (Å²) in [5, 5.41) is 5.58. The number of nitroso groups, excluding NO2 is 2. The van der Waals surface area contributed by atoms with Gasteiger partial charge in [0.05, 0.1) is 5.02 Å². The Bertz CT molecular complexity index is 309. The summed E-state index contributed by atoms with van der Waals surface area (Å²) >= 11 is 5.62. The Morgan fingerprint density at radius 3 is 2.25 bits per heavy atom. The van der Waals surface area contributed by atoms with Crippen LogP contribution >= 0.6 is 11.6 Å². The number of aryl methyl sites for hydroxylation is 1. The molecule has 0 spiro atoms. The van der Waals surface area contributed by atoms with Gasteiger partial charge in [0.25, 0.3) is 0 Å². The third-order valence-electron chi connectivity index (χ3n) is 1.46. The average Bonchev–Trinajstić information content (AvgIpc) is 2.05. The van der Waals surface area contributed by atoms with E-state index in [9.17, 15) is 9.81 Å². The third kappa shape index (κ3) is 1.48. The second kappa shape index (κ2) is 3.40. The summed E-state index contributed by atoms with van der Waals surface area (Å²) in [6, 6.07) is 2.74. The molecule has 0 aliphatic carbocycles. The van der Waals surface area contributed by atoms with Gasteiger partial charge in [0.2, 0.25) is 0 Å². The summed E-state index contributed by atoms with van der Waals surface area (Å²) in [5.41, 5.74) is 0.855. The van der Waals surface area contributed by atoms with Gasteiger partial charge in [0.15, 0.2) is 0 Å². The predicted octanol–water partition coefficient (Wildman–Crippen LogP) is 3.44. The number of halogens is 1. The second-order valence-corrected chi connectivity index (χ2v) is 2.68. The van der Waals surface area contributed by atoms with E-state index < -0.39 is 0 Å². The Morgan fingerprint density at radius 1 is 1.17 bits per heavy atom. The lowest BCUT2D eigenvalue weighted by molar-refractivity contribution is 1.36. The van der Waals surface area contributed by atoms with Gasteiger partial charge in [-0.25, -0.2) is 0 Å². The molecule has 1 rings (SSSR count). The van der Waals surface area contributed by atoms with Crippen molar-refractivity contribution in [3.8, 4) is 0 Å². The van der Waals surface area contributed by atoms with Gasteiger partial charge in [-0.05, 0) is 35.0 Å². The van der Waals surface area contributed by atoms with Crippen molar-refractivity contribution in [2.45, 2.75) is 6.92 Å². The summed E-state index contributed by atoms with van der Waals surface area (Å²) in [7, 11) is 0. The van der Waals surface area contributed by atoms with Crippen LogP contribution in [0.1, 0.15) is 5.56 Å². The second-order valence-electron chi connectivity index (χ2n) is 2.27. The lowest BCUT2D eigenvalue weighted by Crippen LogP contribution is -1.74. The van der Waals surface area contributed by atoms with E-state index in [1.165, 1.54) is 12.1 Å². The van der Waals surface area contributed by atoms with Crippen LogP contribution in [-0.4, -0.2) is 0 Å². The molecule has 1 aromatic rings. The summed E-state index contributed by atoms with van der Waals surface area (Å²) in [5.74, 6) is 0. The molecule has 1 aromatic carbocycles. The van der Waals surface area contributed by atoms with Crippen molar-refractivity contribution >= 4 is 23.0 Å². The molecule has 0 N–H and O–H groups in total. The molecule has 0 saturated carbocycles. The van der Waals surface area contributed by atoms with Crippen LogP contribution in [0.25, 0.3) is 0 Å². The van der Waals surface area contributed by atoms with E-state index in [1.807, 2.05) is 0 Å². The zero-order chi connectivity index (χ0) is 9.14. The van der Waals surface area contributed by atoms with Gasteiger partial charge in [-0.2, -0.15) is 0 Å². The molecule has 0 amide bonds. The van der Waals surface area contributed by atoms with Crippen LogP contribution in [0.4, 0.5) is 11.4 Å². The highest BCUT2D eigenvalue weighted by Crippen LogP contribution is 2.32. The van der Waals surface area contributed by atoms with Crippen LogP contribution in [0, 0.1) is 16.7 Å². The normalized spacial score (nSPS) is 9.50. The van der Waals surface area contributed by atoms with Gasteiger partial charge in [0, 0.05) is 0 Å². The first-order chi connectivity index (χ1) is 5.69. The van der Waals surface area contributed by atoms with E-state index in [-0.39, 0.29) is 16.4 Å². The maximum atomic E-state index is 10.2. The van der Waals surface area contributed by atoms with Crippen molar-refractivity contribution in [1.29, 1.82) is 0 Å². The van der Waals surface area contributed by atoms with Crippen molar-refractivity contribution in [3.05, 3.63) is 32.5 Å². The molecule has 0 saturated heterocycles. The first-order valence-electron chi connectivity index (χ1n) is 3.16. The quantitative estimate of drug-likeness (QED) is 0.661. The van der Waals surface area contributed by atoms with E-state index in [0.717, 1.165) is 0 Å². The fourth-order valence-corrected chi connectivity index (χ4v) is 1.07. The Hall–Kier alpha value is -1.29. The smallest absolute Gasteiger partial charge is 0.128 e. The first kappa shape index (κ1) is 8.80. The van der Waals surface area contributed by atoms with E-state index in [2.05, 4.69) is 10.4 Å².